The van der Waals surface area contributed by atoms with Crippen LogP contribution in [0.2, 0.25) is 0 Å². The highest BCUT2D eigenvalue weighted by Gasteiger charge is 2.41. The van der Waals surface area contributed by atoms with Crippen molar-refractivity contribution in [1.82, 2.24) is 19.2 Å². The first-order valence-electron chi connectivity index (χ1n) is 10.7. The average molecular weight is 419 g/mol. The lowest BCUT2D eigenvalue weighted by Gasteiger charge is -2.40. The molecule has 0 saturated carbocycles. The zero-order valence-corrected chi connectivity index (χ0v) is 18.0. The Morgan fingerprint density at radius 3 is 2.40 bits per heavy atom. The van der Waals surface area contributed by atoms with Crippen molar-refractivity contribution in [3.05, 3.63) is 52.0 Å². The van der Waals surface area contributed by atoms with Crippen LogP contribution < -0.4 is 5.69 Å². The second-order valence-electron chi connectivity index (χ2n) is 8.54. The molecule has 8 heteroatoms. The molecule has 3 heterocycles. The monoisotopic (exact) mass is 418 g/mol. The van der Waals surface area contributed by atoms with Gasteiger partial charge < -0.3 is 9.47 Å². The van der Waals surface area contributed by atoms with E-state index >= 15 is 0 Å². The van der Waals surface area contributed by atoms with Crippen molar-refractivity contribution in [2.75, 3.05) is 13.7 Å². The average Bonchev–Trinajstić information content (AvgIpc) is 3.11. The van der Waals surface area contributed by atoms with Crippen LogP contribution in [0.15, 0.2) is 29.1 Å². The van der Waals surface area contributed by atoms with Crippen LogP contribution in [0.1, 0.15) is 37.1 Å². The lowest BCUT2D eigenvalue weighted by atomic mass is 9.99. The summed E-state index contributed by atoms with van der Waals surface area (Å²) in [5.41, 5.74) is 0.896. The Morgan fingerprint density at radius 1 is 1.17 bits per heavy atom. The molecule has 1 aromatic heterocycles. The Bertz CT molecular complexity index is 896. The van der Waals surface area contributed by atoms with Gasteiger partial charge in [-0.25, -0.2) is 13.9 Å². The molecule has 164 valence electrons. The number of nitrogens with zero attached hydrogens (tertiary/aromatic N) is 4. The summed E-state index contributed by atoms with van der Waals surface area (Å²) in [7, 11) is 3.44. The molecule has 0 amide bonds. The van der Waals surface area contributed by atoms with Crippen molar-refractivity contribution in [2.24, 2.45) is 7.05 Å². The van der Waals surface area contributed by atoms with Crippen molar-refractivity contribution < 1.29 is 13.9 Å². The second-order valence-corrected chi connectivity index (χ2v) is 8.54. The highest BCUT2D eigenvalue weighted by Crippen LogP contribution is 2.37. The van der Waals surface area contributed by atoms with Gasteiger partial charge in [-0.3, -0.25) is 9.47 Å². The van der Waals surface area contributed by atoms with E-state index in [9.17, 15) is 9.18 Å². The molecular formula is C22H31FN4O3. The van der Waals surface area contributed by atoms with Gasteiger partial charge in [0, 0.05) is 32.8 Å². The molecule has 0 radical (unpaired) electrons. The van der Waals surface area contributed by atoms with Gasteiger partial charge in [-0.2, -0.15) is 5.10 Å². The molecule has 0 spiro atoms. The van der Waals surface area contributed by atoms with Gasteiger partial charge in [-0.05, 0) is 50.3 Å². The highest BCUT2D eigenvalue weighted by atomic mass is 19.1. The number of methoxy groups -OCH3 is 1. The van der Waals surface area contributed by atoms with Crippen LogP contribution >= 0.6 is 0 Å². The summed E-state index contributed by atoms with van der Waals surface area (Å²) in [5.74, 6) is 0.481. The van der Waals surface area contributed by atoms with Gasteiger partial charge in [0.1, 0.15) is 11.6 Å². The second kappa shape index (κ2) is 8.99. The Morgan fingerprint density at radius 2 is 1.83 bits per heavy atom. The Hall–Kier alpha value is -2.03. The van der Waals surface area contributed by atoms with Gasteiger partial charge >= 0.3 is 5.69 Å². The fourth-order valence-corrected chi connectivity index (χ4v) is 4.80. The summed E-state index contributed by atoms with van der Waals surface area (Å²) in [4.78, 5) is 14.8. The van der Waals surface area contributed by atoms with Gasteiger partial charge in [0.25, 0.3) is 0 Å². The lowest BCUT2D eigenvalue weighted by Crippen LogP contribution is -2.49. The quantitative estimate of drug-likeness (QED) is 0.658. The number of hydrogen-bond acceptors (Lipinski definition) is 5. The van der Waals surface area contributed by atoms with Crippen molar-refractivity contribution in [3.63, 3.8) is 0 Å². The molecule has 30 heavy (non-hydrogen) atoms. The van der Waals surface area contributed by atoms with Crippen LogP contribution in [0, 0.1) is 12.7 Å². The summed E-state index contributed by atoms with van der Waals surface area (Å²) in [6, 6.07) is 7.46. The predicted octanol–water partition coefficient (Wildman–Crippen LogP) is 2.26. The van der Waals surface area contributed by atoms with Crippen LogP contribution in [0.4, 0.5) is 4.39 Å². The number of ether oxygens (including phenoxy) is 2. The van der Waals surface area contributed by atoms with Crippen molar-refractivity contribution in [2.45, 2.75) is 70.1 Å². The summed E-state index contributed by atoms with van der Waals surface area (Å²) >= 11 is 0. The number of aryl methyl sites for hydroxylation is 1. The van der Waals surface area contributed by atoms with Crippen molar-refractivity contribution >= 4 is 0 Å². The first kappa shape index (κ1) is 21.2. The third-order valence-electron chi connectivity index (χ3n) is 6.62. The Kier molecular flexibility index (Phi) is 6.36. The fraction of sp³-hybridized carbons (Fsp3) is 0.636. The fourth-order valence-electron chi connectivity index (χ4n) is 4.80. The van der Waals surface area contributed by atoms with E-state index in [2.05, 4.69) is 10.00 Å². The molecule has 2 unspecified atom stereocenters. The molecule has 2 fully saturated rings. The van der Waals surface area contributed by atoms with E-state index in [1.807, 2.05) is 6.92 Å². The summed E-state index contributed by atoms with van der Waals surface area (Å²) in [5, 5.41) is 4.34. The maximum absolute atomic E-state index is 13.1. The molecule has 7 nitrogen and oxygen atoms in total. The molecule has 3 atom stereocenters. The summed E-state index contributed by atoms with van der Waals surface area (Å²) in [6.07, 6.45) is 4.47. The molecule has 2 aliphatic rings. The Balaban J connectivity index is 1.33. The van der Waals surface area contributed by atoms with Crippen LogP contribution in [0.5, 0.6) is 0 Å². The van der Waals surface area contributed by atoms with Crippen LogP contribution in [0.3, 0.4) is 0 Å². The number of fused-ring (bicyclic) bond motifs is 2. The van der Waals surface area contributed by atoms with Crippen molar-refractivity contribution in [3.8, 4) is 0 Å². The highest BCUT2D eigenvalue weighted by molar-refractivity contribution is 5.15. The topological polar surface area (TPSA) is 61.5 Å². The van der Waals surface area contributed by atoms with Gasteiger partial charge in [-0.1, -0.05) is 12.1 Å². The zero-order valence-electron chi connectivity index (χ0n) is 18.0. The van der Waals surface area contributed by atoms with E-state index in [-0.39, 0.29) is 23.7 Å². The minimum Gasteiger partial charge on any atom is -0.378 e. The number of rotatable bonds is 8. The van der Waals surface area contributed by atoms with Crippen molar-refractivity contribution in [1.29, 1.82) is 0 Å². The van der Waals surface area contributed by atoms with Gasteiger partial charge in [0.2, 0.25) is 0 Å². The number of halogens is 1. The number of benzene rings is 1. The third-order valence-corrected chi connectivity index (χ3v) is 6.62. The molecule has 2 saturated heterocycles. The first-order valence-corrected chi connectivity index (χ1v) is 10.7. The SMILES string of the molecule is CO[C@@H](CN1C2CCC1CC(OCc1ccc(F)cc1)C2)Cn1nc(C)n(C)c1=O. The molecular weight excluding hydrogens is 387 g/mol. The standard InChI is InChI=1S/C22H31FN4O3/c1-15-24-27(22(28)25(15)2)13-21(29-3)12-26-18-8-9-19(26)11-20(10-18)30-14-16-4-6-17(23)7-5-16/h4-7,18-21H,8-14H2,1-3H3/t18?,19?,20?,21-/m0/s1. The summed E-state index contributed by atoms with van der Waals surface area (Å²) < 4.78 is 28.0. The predicted molar refractivity (Wildman–Crippen MR) is 111 cm³/mol. The molecule has 1 aromatic carbocycles. The number of aromatic nitrogens is 3. The summed E-state index contributed by atoms with van der Waals surface area (Å²) in [6.45, 7) is 3.60. The van der Waals surface area contributed by atoms with E-state index in [1.54, 1.807) is 30.9 Å². The van der Waals surface area contributed by atoms with Gasteiger partial charge in [-0.15, -0.1) is 0 Å². The molecule has 2 aliphatic heterocycles. The van der Waals surface area contributed by atoms with E-state index < -0.39 is 0 Å². The largest absolute Gasteiger partial charge is 0.378 e. The lowest BCUT2D eigenvalue weighted by molar-refractivity contribution is -0.0454. The first-order chi connectivity index (χ1) is 14.4. The third kappa shape index (κ3) is 4.50. The smallest absolute Gasteiger partial charge is 0.345 e. The minimum absolute atomic E-state index is 0.0863. The van der Waals surface area contributed by atoms with E-state index in [4.69, 9.17) is 9.47 Å². The van der Waals surface area contributed by atoms with Crippen LogP contribution in [-0.4, -0.2) is 57.2 Å². The zero-order chi connectivity index (χ0) is 21.3. The number of hydrogen-bond donors (Lipinski definition) is 0. The molecule has 2 aromatic rings. The van der Waals surface area contributed by atoms with Gasteiger partial charge in [0.05, 0.1) is 25.4 Å². The van der Waals surface area contributed by atoms with E-state index in [1.165, 1.54) is 29.7 Å². The maximum atomic E-state index is 13.1. The molecule has 2 bridgehead atoms. The normalized spacial score (nSPS) is 25.0. The molecule has 4 rings (SSSR count). The Labute approximate surface area is 176 Å². The maximum Gasteiger partial charge on any atom is 0.345 e. The van der Waals surface area contributed by atoms with Crippen LogP contribution in [-0.2, 0) is 29.7 Å². The molecule has 0 N–H and O–H groups in total. The number of piperidine rings is 1. The van der Waals surface area contributed by atoms with Gasteiger partial charge in [0.15, 0.2) is 0 Å². The van der Waals surface area contributed by atoms with E-state index in [0.717, 1.165) is 24.9 Å². The molecule has 0 aliphatic carbocycles. The van der Waals surface area contributed by atoms with Crippen LogP contribution in [0.25, 0.3) is 0 Å². The van der Waals surface area contributed by atoms with E-state index in [0.29, 0.717) is 31.1 Å². The minimum atomic E-state index is -0.221.